The van der Waals surface area contributed by atoms with Gasteiger partial charge in [0.25, 0.3) is 0 Å². The number of ether oxygens (including phenoxy) is 3. The van der Waals surface area contributed by atoms with E-state index in [0.717, 1.165) is 37.6 Å². The molecule has 1 N–H and O–H groups in total. The Labute approximate surface area is 136 Å². The first-order valence-corrected chi connectivity index (χ1v) is 7.79. The highest BCUT2D eigenvalue weighted by atomic mass is 16.7. The standard InChI is InChI=1S/C17H22N2O4/c1-21-11-17(20)18-8-14-3-2-6-19(10-14)9-13-4-5-15-16(7-13)23-12-22-15/h3-5,7H,2,6,8-12H2,1H3,(H,18,20). The molecule has 6 heteroatoms. The zero-order valence-corrected chi connectivity index (χ0v) is 13.3. The summed E-state index contributed by atoms with van der Waals surface area (Å²) in [6.07, 6.45) is 3.21. The summed E-state index contributed by atoms with van der Waals surface area (Å²) in [4.78, 5) is 13.8. The second-order valence-electron chi connectivity index (χ2n) is 5.76. The molecule has 3 rings (SSSR count). The van der Waals surface area contributed by atoms with Crippen LogP contribution in [0, 0.1) is 0 Å². The molecule has 1 amide bonds. The number of nitrogens with one attached hydrogen (secondary N) is 1. The first-order chi connectivity index (χ1) is 11.2. The largest absolute Gasteiger partial charge is 0.454 e. The van der Waals surface area contributed by atoms with Crippen LogP contribution in [0.25, 0.3) is 0 Å². The molecule has 0 aliphatic carbocycles. The van der Waals surface area contributed by atoms with Gasteiger partial charge in [-0.05, 0) is 29.7 Å². The number of hydrogen-bond donors (Lipinski definition) is 1. The van der Waals surface area contributed by atoms with Crippen molar-refractivity contribution in [1.29, 1.82) is 0 Å². The lowest BCUT2D eigenvalue weighted by Gasteiger charge is -2.27. The molecule has 0 unspecified atom stereocenters. The van der Waals surface area contributed by atoms with Crippen LogP contribution in [0.3, 0.4) is 0 Å². The fourth-order valence-corrected chi connectivity index (χ4v) is 2.84. The van der Waals surface area contributed by atoms with Crippen LogP contribution in [0.1, 0.15) is 12.0 Å². The average Bonchev–Trinajstić information content (AvgIpc) is 3.01. The summed E-state index contributed by atoms with van der Waals surface area (Å²) in [5.41, 5.74) is 2.44. The summed E-state index contributed by atoms with van der Waals surface area (Å²) in [6, 6.07) is 6.08. The summed E-state index contributed by atoms with van der Waals surface area (Å²) >= 11 is 0. The second-order valence-corrected chi connectivity index (χ2v) is 5.76. The van der Waals surface area contributed by atoms with Crippen LogP contribution < -0.4 is 14.8 Å². The first-order valence-electron chi connectivity index (χ1n) is 7.79. The minimum atomic E-state index is -0.0821. The predicted octanol–water partition coefficient (Wildman–Crippen LogP) is 1.31. The topological polar surface area (TPSA) is 60.0 Å². The maximum Gasteiger partial charge on any atom is 0.246 e. The van der Waals surface area contributed by atoms with E-state index >= 15 is 0 Å². The van der Waals surface area contributed by atoms with E-state index in [-0.39, 0.29) is 12.5 Å². The van der Waals surface area contributed by atoms with E-state index in [9.17, 15) is 4.79 Å². The monoisotopic (exact) mass is 318 g/mol. The SMILES string of the molecule is COCC(=O)NCC1=CCCN(Cc2ccc3c(c2)OCO3)C1. The Bertz CT molecular complexity index is 600. The van der Waals surface area contributed by atoms with Crippen LogP contribution >= 0.6 is 0 Å². The van der Waals surface area contributed by atoms with Gasteiger partial charge in [0, 0.05) is 33.3 Å². The highest BCUT2D eigenvalue weighted by Gasteiger charge is 2.17. The van der Waals surface area contributed by atoms with Gasteiger partial charge in [0.2, 0.25) is 12.7 Å². The van der Waals surface area contributed by atoms with E-state index in [1.165, 1.54) is 18.2 Å². The minimum Gasteiger partial charge on any atom is -0.454 e. The Morgan fingerprint density at radius 2 is 2.22 bits per heavy atom. The molecule has 2 aliphatic heterocycles. The predicted molar refractivity (Wildman–Crippen MR) is 85.4 cm³/mol. The van der Waals surface area contributed by atoms with E-state index in [0.29, 0.717) is 13.3 Å². The number of carbonyl (C=O) groups is 1. The Balaban J connectivity index is 1.52. The van der Waals surface area contributed by atoms with E-state index in [1.807, 2.05) is 12.1 Å². The van der Waals surface area contributed by atoms with Crippen LogP contribution in [0.4, 0.5) is 0 Å². The molecule has 2 aliphatic rings. The van der Waals surface area contributed by atoms with Crippen LogP contribution in [-0.2, 0) is 16.1 Å². The summed E-state index contributed by atoms with van der Waals surface area (Å²) in [7, 11) is 1.52. The smallest absolute Gasteiger partial charge is 0.246 e. The lowest BCUT2D eigenvalue weighted by molar-refractivity contribution is -0.124. The van der Waals surface area contributed by atoms with Crippen molar-refractivity contribution in [3.8, 4) is 11.5 Å². The molecule has 0 radical (unpaired) electrons. The fraction of sp³-hybridized carbons (Fsp3) is 0.471. The third kappa shape index (κ3) is 4.24. The lowest BCUT2D eigenvalue weighted by atomic mass is 10.1. The van der Waals surface area contributed by atoms with Gasteiger partial charge < -0.3 is 19.5 Å². The van der Waals surface area contributed by atoms with Gasteiger partial charge in [-0.15, -0.1) is 0 Å². The molecular weight excluding hydrogens is 296 g/mol. The quantitative estimate of drug-likeness (QED) is 0.802. The molecule has 1 aromatic carbocycles. The van der Waals surface area contributed by atoms with Crippen molar-refractivity contribution < 1.29 is 19.0 Å². The summed E-state index contributed by atoms with van der Waals surface area (Å²) < 4.78 is 15.6. The number of fused-ring (bicyclic) bond motifs is 1. The summed E-state index contributed by atoms with van der Waals surface area (Å²) in [5, 5.41) is 2.88. The van der Waals surface area contributed by atoms with Crippen molar-refractivity contribution >= 4 is 5.91 Å². The van der Waals surface area contributed by atoms with Gasteiger partial charge in [-0.3, -0.25) is 9.69 Å². The normalized spacial score (nSPS) is 17.0. The third-order valence-electron chi connectivity index (χ3n) is 3.94. The van der Waals surface area contributed by atoms with E-state index < -0.39 is 0 Å². The molecule has 0 fully saturated rings. The van der Waals surface area contributed by atoms with Crippen molar-refractivity contribution in [3.05, 3.63) is 35.4 Å². The highest BCUT2D eigenvalue weighted by Crippen LogP contribution is 2.32. The van der Waals surface area contributed by atoms with Gasteiger partial charge in [-0.2, -0.15) is 0 Å². The molecule has 0 spiro atoms. The molecule has 2 heterocycles. The van der Waals surface area contributed by atoms with E-state index in [1.54, 1.807) is 0 Å². The Morgan fingerprint density at radius 3 is 3.09 bits per heavy atom. The van der Waals surface area contributed by atoms with Crippen molar-refractivity contribution in [2.75, 3.05) is 40.1 Å². The maximum absolute atomic E-state index is 11.5. The molecule has 0 saturated carbocycles. The van der Waals surface area contributed by atoms with Gasteiger partial charge in [0.1, 0.15) is 6.61 Å². The first kappa shape index (κ1) is 15.8. The van der Waals surface area contributed by atoms with Crippen molar-refractivity contribution in [3.63, 3.8) is 0 Å². The number of methoxy groups -OCH3 is 1. The van der Waals surface area contributed by atoms with Gasteiger partial charge in [-0.1, -0.05) is 12.1 Å². The number of rotatable bonds is 6. The zero-order valence-electron chi connectivity index (χ0n) is 13.3. The Kier molecular flexibility index (Phi) is 5.15. The van der Waals surface area contributed by atoms with Crippen LogP contribution in [0.2, 0.25) is 0 Å². The van der Waals surface area contributed by atoms with Gasteiger partial charge in [0.15, 0.2) is 11.5 Å². The lowest BCUT2D eigenvalue weighted by Crippen LogP contribution is -2.35. The molecular formula is C17H22N2O4. The number of benzene rings is 1. The average molecular weight is 318 g/mol. The molecule has 23 heavy (non-hydrogen) atoms. The molecule has 0 atom stereocenters. The van der Waals surface area contributed by atoms with E-state index in [2.05, 4.69) is 22.4 Å². The molecule has 6 nitrogen and oxygen atoms in total. The highest BCUT2D eigenvalue weighted by molar-refractivity contribution is 5.77. The van der Waals surface area contributed by atoms with Crippen LogP contribution in [0.15, 0.2) is 29.8 Å². The van der Waals surface area contributed by atoms with Crippen LogP contribution in [-0.4, -0.2) is 51.0 Å². The van der Waals surface area contributed by atoms with Crippen molar-refractivity contribution in [2.45, 2.75) is 13.0 Å². The number of carbonyl (C=O) groups excluding carboxylic acids is 1. The van der Waals surface area contributed by atoms with Gasteiger partial charge in [-0.25, -0.2) is 0 Å². The van der Waals surface area contributed by atoms with Gasteiger partial charge in [0.05, 0.1) is 0 Å². The molecule has 0 bridgehead atoms. The maximum atomic E-state index is 11.5. The Hall–Kier alpha value is -2.05. The molecule has 124 valence electrons. The zero-order chi connectivity index (χ0) is 16.1. The fourth-order valence-electron chi connectivity index (χ4n) is 2.84. The minimum absolute atomic E-state index is 0.0821. The summed E-state index contributed by atoms with van der Waals surface area (Å²) in [6.45, 7) is 3.73. The number of hydrogen-bond acceptors (Lipinski definition) is 5. The number of amides is 1. The molecule has 0 saturated heterocycles. The molecule has 0 aromatic heterocycles. The second kappa shape index (κ2) is 7.48. The number of nitrogens with zero attached hydrogens (tertiary/aromatic N) is 1. The summed E-state index contributed by atoms with van der Waals surface area (Å²) in [5.74, 6) is 1.55. The third-order valence-corrected chi connectivity index (χ3v) is 3.94. The van der Waals surface area contributed by atoms with Crippen LogP contribution in [0.5, 0.6) is 11.5 Å². The Morgan fingerprint density at radius 1 is 1.35 bits per heavy atom. The van der Waals surface area contributed by atoms with Crippen molar-refractivity contribution in [2.24, 2.45) is 0 Å². The molecule has 1 aromatic rings. The van der Waals surface area contributed by atoms with E-state index in [4.69, 9.17) is 14.2 Å². The van der Waals surface area contributed by atoms with Crippen molar-refractivity contribution in [1.82, 2.24) is 10.2 Å². The van der Waals surface area contributed by atoms with Gasteiger partial charge >= 0.3 is 0 Å².